The third-order valence-corrected chi connectivity index (χ3v) is 13.1. The average Bonchev–Trinajstić information content (AvgIpc) is 2.48. The van der Waals surface area contributed by atoms with E-state index in [0.717, 1.165) is 64.4 Å². The lowest BCUT2D eigenvalue weighted by Crippen LogP contribution is -2.04. The molecular formula is C69H91F11O9. The quantitative estimate of drug-likeness (QED) is 0.150. The Labute approximate surface area is 517 Å². The summed E-state index contributed by atoms with van der Waals surface area (Å²) < 4.78 is 175. The standard InChI is InChI=1S/C11H18O.2C9H14O.C8H11FO.C8H12O.C7H7F3O.C6H4F4O.C6H7FO.C5H4F2O/c1-7(2)10-6-11(8(3)4)12-9(10)5;2*1-6(2)9-5-7(3)10-8(9)4;1-5(2)7-4-8(9)10-6(7)3;1-6(2)8-4-5-9-7(8)3;1-4-3-6(5(2)11-4)7(8,9)10;1-3-4(6(8,9)10)2-5(7)11-3;1-4-3-6(7)8-5(4)2;1-3-4(6)2-5(7)8-3/h6-8H,1-5H3;2*5-6H,1-4H3;4-5H,1-3H3;4-6H,1-3H3;3H,1-2H3;2H,1H3;3H,1-2H3;2H,1H3. The van der Waals surface area contributed by atoms with Crippen LogP contribution in [0.1, 0.15) is 238 Å². The van der Waals surface area contributed by atoms with Gasteiger partial charge in [-0.2, -0.15) is 43.9 Å². The molecule has 0 saturated heterocycles. The van der Waals surface area contributed by atoms with Crippen LogP contribution in [0.4, 0.5) is 48.3 Å². The van der Waals surface area contributed by atoms with Gasteiger partial charge in [0.2, 0.25) is 0 Å². The van der Waals surface area contributed by atoms with E-state index >= 15 is 0 Å². The van der Waals surface area contributed by atoms with E-state index in [1.165, 1.54) is 55.2 Å². The number of rotatable bonds is 6. The van der Waals surface area contributed by atoms with Crippen molar-refractivity contribution >= 4 is 0 Å². The van der Waals surface area contributed by atoms with Crippen molar-refractivity contribution < 1.29 is 88.0 Å². The zero-order chi connectivity index (χ0) is 68.9. The van der Waals surface area contributed by atoms with Crippen LogP contribution in [-0.2, 0) is 12.4 Å². The van der Waals surface area contributed by atoms with Crippen LogP contribution >= 0.6 is 0 Å². The smallest absolute Gasteiger partial charge is 0.419 e. The maximum absolute atomic E-state index is 12.4. The number of hydrogen-bond donors (Lipinski definition) is 0. The largest absolute Gasteiger partial charge is 0.469 e. The summed E-state index contributed by atoms with van der Waals surface area (Å²) in [4.78, 5) is 0. The fourth-order valence-electron chi connectivity index (χ4n) is 8.44. The molecule has 498 valence electrons. The highest BCUT2D eigenvalue weighted by Crippen LogP contribution is 2.35. The third kappa shape index (κ3) is 27.6. The highest BCUT2D eigenvalue weighted by Gasteiger charge is 2.36. The highest BCUT2D eigenvalue weighted by atomic mass is 19.4. The molecule has 20 heteroatoms. The minimum Gasteiger partial charge on any atom is -0.469 e. The lowest BCUT2D eigenvalue weighted by atomic mass is 10.0. The van der Waals surface area contributed by atoms with Crippen LogP contribution in [0.3, 0.4) is 0 Å². The number of furan rings is 9. The van der Waals surface area contributed by atoms with E-state index in [1.807, 2.05) is 68.4 Å². The van der Waals surface area contributed by atoms with Crippen LogP contribution in [0.5, 0.6) is 0 Å². The first-order valence-corrected chi connectivity index (χ1v) is 28.9. The van der Waals surface area contributed by atoms with Crippen molar-refractivity contribution in [1.82, 2.24) is 0 Å². The summed E-state index contributed by atoms with van der Waals surface area (Å²) in [5.41, 5.74) is 5.40. The minimum atomic E-state index is -4.53. The maximum Gasteiger partial charge on any atom is 0.419 e. The van der Waals surface area contributed by atoms with Gasteiger partial charge >= 0.3 is 12.4 Å². The van der Waals surface area contributed by atoms with Gasteiger partial charge in [0, 0.05) is 24.1 Å². The zero-order valence-electron chi connectivity index (χ0n) is 56.1. The van der Waals surface area contributed by atoms with Gasteiger partial charge in [-0.25, -0.2) is 4.39 Å². The Hall–Kier alpha value is -7.25. The molecule has 0 saturated carbocycles. The van der Waals surface area contributed by atoms with Crippen LogP contribution < -0.4 is 0 Å². The Bertz CT molecular complexity index is 3200. The molecule has 0 aliphatic carbocycles. The minimum absolute atomic E-state index is 0.0116. The lowest BCUT2D eigenvalue weighted by Gasteiger charge is -2.02. The van der Waals surface area contributed by atoms with Gasteiger partial charge in [-0.15, -0.1) is 0 Å². The van der Waals surface area contributed by atoms with Crippen molar-refractivity contribution in [1.29, 1.82) is 0 Å². The van der Waals surface area contributed by atoms with E-state index in [1.54, 1.807) is 20.1 Å². The molecule has 9 heterocycles. The summed E-state index contributed by atoms with van der Waals surface area (Å²) in [6.07, 6.45) is -7.08. The number of hydrogen-bond acceptors (Lipinski definition) is 9. The van der Waals surface area contributed by atoms with Crippen molar-refractivity contribution in [2.75, 3.05) is 0 Å². The van der Waals surface area contributed by atoms with Gasteiger partial charge in [-0.1, -0.05) is 83.1 Å². The Morgan fingerprint density at radius 1 is 0.292 bits per heavy atom. The molecule has 9 aromatic rings. The molecule has 9 nitrogen and oxygen atoms in total. The topological polar surface area (TPSA) is 118 Å². The number of halogens is 11. The van der Waals surface area contributed by atoms with E-state index in [2.05, 4.69) is 101 Å². The summed E-state index contributed by atoms with van der Waals surface area (Å²) in [5.74, 6) is 11.0. The second kappa shape index (κ2) is 35.8. The number of aryl methyl sites for hydroxylation is 13. The van der Waals surface area contributed by atoms with Gasteiger partial charge in [-0.3, -0.25) is 0 Å². The highest BCUT2D eigenvalue weighted by molar-refractivity contribution is 5.27. The molecule has 0 N–H and O–H groups in total. The SMILES string of the molecule is Cc1cc(C(C)C)c(C)o1.Cc1cc(C(C)C)c(C)o1.Cc1cc(C(F)(F)F)c(C)o1.Cc1cc(F)oc1C.Cc1oc(C(C)C)cc1C(C)C.Cc1oc(F)cc1C(C)C.Cc1oc(F)cc1C(F)(F)F.Cc1oc(F)cc1F.Cc1occc1C(C)C. The van der Waals surface area contributed by atoms with Crippen molar-refractivity contribution in [3.8, 4) is 0 Å². The lowest BCUT2D eigenvalue weighted by molar-refractivity contribution is -0.139. The molecule has 0 fully saturated rings. The fraction of sp³-hybridized carbons (Fsp3) is 0.478. The molecule has 0 aromatic carbocycles. The maximum atomic E-state index is 12.4. The molecule has 0 aliphatic heterocycles. The normalized spacial score (nSPS) is 11.1. The van der Waals surface area contributed by atoms with Crippen LogP contribution in [0.25, 0.3) is 0 Å². The molecule has 0 spiro atoms. The summed E-state index contributed by atoms with van der Waals surface area (Å²) in [7, 11) is 0. The van der Waals surface area contributed by atoms with Gasteiger partial charge < -0.3 is 39.8 Å². The van der Waals surface area contributed by atoms with Crippen molar-refractivity contribution in [3.63, 3.8) is 0 Å². The molecule has 0 radical (unpaired) electrons. The first kappa shape index (κ1) is 79.8. The second-order valence-corrected chi connectivity index (χ2v) is 22.9. The predicted molar refractivity (Wildman–Crippen MR) is 324 cm³/mol. The monoisotopic (exact) mass is 1270 g/mol. The molecule has 0 unspecified atom stereocenters. The Kier molecular flexibility index (Phi) is 32.1. The van der Waals surface area contributed by atoms with Crippen molar-refractivity contribution in [2.24, 2.45) is 0 Å². The van der Waals surface area contributed by atoms with Crippen LogP contribution in [0.2, 0.25) is 0 Å². The second-order valence-electron chi connectivity index (χ2n) is 22.9. The molecule has 0 aliphatic rings. The third-order valence-electron chi connectivity index (χ3n) is 13.1. The van der Waals surface area contributed by atoms with E-state index in [4.69, 9.17) is 26.5 Å². The fourth-order valence-corrected chi connectivity index (χ4v) is 8.44. The molecule has 9 aromatic heterocycles. The first-order valence-electron chi connectivity index (χ1n) is 28.9. The molecule has 0 atom stereocenters. The van der Waals surface area contributed by atoms with E-state index in [-0.39, 0.29) is 17.3 Å². The van der Waals surface area contributed by atoms with E-state index in [9.17, 15) is 48.3 Å². The average molecular weight is 1270 g/mol. The van der Waals surface area contributed by atoms with Crippen molar-refractivity contribution in [2.45, 2.75) is 221 Å². The Morgan fingerprint density at radius 2 is 0.618 bits per heavy atom. The summed E-state index contributed by atoms with van der Waals surface area (Å²) in [6, 6.07) is 10.2. The van der Waals surface area contributed by atoms with Crippen LogP contribution in [0.15, 0.2) is 101 Å². The van der Waals surface area contributed by atoms with E-state index in [0.29, 0.717) is 59.2 Å². The van der Waals surface area contributed by atoms with Crippen LogP contribution in [-0.4, -0.2) is 0 Å². The molecule has 89 heavy (non-hydrogen) atoms. The van der Waals surface area contributed by atoms with Gasteiger partial charge in [0.25, 0.3) is 24.1 Å². The van der Waals surface area contributed by atoms with Crippen LogP contribution in [0, 0.1) is 120 Å². The molecule has 9 rings (SSSR count). The molecule has 0 bridgehead atoms. The predicted octanol–water partition coefficient (Wildman–Crippen LogP) is 25.0. The van der Waals surface area contributed by atoms with Crippen molar-refractivity contribution in [3.05, 3.63) is 210 Å². The summed E-state index contributed by atoms with van der Waals surface area (Å²) in [5, 5.41) is 0. The van der Waals surface area contributed by atoms with E-state index < -0.39 is 59.1 Å². The zero-order valence-corrected chi connectivity index (χ0v) is 56.1. The molecular weight excluding hydrogens is 1180 g/mol. The Morgan fingerprint density at radius 3 is 0.787 bits per heavy atom. The first-order chi connectivity index (χ1) is 40.8. The van der Waals surface area contributed by atoms with Gasteiger partial charge in [-0.05, 0) is 183 Å². The Balaban J connectivity index is 0.000000502. The summed E-state index contributed by atoms with van der Waals surface area (Å²) >= 11 is 0. The van der Waals surface area contributed by atoms with Gasteiger partial charge in [0.1, 0.15) is 74.9 Å². The van der Waals surface area contributed by atoms with Gasteiger partial charge in [0.05, 0.1) is 23.5 Å². The van der Waals surface area contributed by atoms with Gasteiger partial charge in [0.15, 0.2) is 5.82 Å². The number of alkyl halides is 6. The summed E-state index contributed by atoms with van der Waals surface area (Å²) in [6.45, 7) is 48.3. The molecule has 0 amide bonds.